The Balaban J connectivity index is 2.22. The van der Waals surface area contributed by atoms with Gasteiger partial charge in [0.15, 0.2) is 0 Å². The van der Waals surface area contributed by atoms with Crippen LogP contribution in [0.5, 0.6) is 5.75 Å². The molecule has 0 unspecified atom stereocenters. The molecule has 15 heavy (non-hydrogen) atoms. The molecule has 0 spiro atoms. The molecule has 0 bridgehead atoms. The molecular formula is C12H18N2O. The van der Waals surface area contributed by atoms with Crippen molar-refractivity contribution < 1.29 is 4.74 Å². The van der Waals surface area contributed by atoms with E-state index in [-0.39, 0.29) is 0 Å². The van der Waals surface area contributed by atoms with E-state index in [0.717, 1.165) is 43.7 Å². The second-order valence-corrected chi connectivity index (χ2v) is 3.41. The van der Waals surface area contributed by atoms with Gasteiger partial charge in [-0.15, -0.1) is 0 Å². The van der Waals surface area contributed by atoms with Crippen LogP contribution >= 0.6 is 0 Å². The van der Waals surface area contributed by atoms with E-state index in [1.54, 1.807) is 0 Å². The Morgan fingerprint density at radius 3 is 2.47 bits per heavy atom. The third-order valence-electron chi connectivity index (χ3n) is 2.16. The maximum absolute atomic E-state index is 7.05. The minimum atomic E-state index is 0.740. The summed E-state index contributed by atoms with van der Waals surface area (Å²) < 4.78 is 5.54. The van der Waals surface area contributed by atoms with Crippen LogP contribution in [0.4, 0.5) is 0 Å². The summed E-state index contributed by atoms with van der Waals surface area (Å²) >= 11 is 0. The van der Waals surface area contributed by atoms with E-state index in [0.29, 0.717) is 0 Å². The van der Waals surface area contributed by atoms with Crippen LogP contribution in [-0.2, 0) is 0 Å². The fraction of sp³-hybridized carbons (Fsp3) is 0.417. The van der Waals surface area contributed by atoms with E-state index in [2.05, 4.69) is 0 Å². The first kappa shape index (κ1) is 11.7. The normalized spacial score (nSPS) is 9.93. The van der Waals surface area contributed by atoms with Crippen LogP contribution in [0, 0.1) is 5.41 Å². The molecule has 1 aromatic carbocycles. The Bertz CT molecular complexity index is 282. The van der Waals surface area contributed by atoms with Crippen molar-refractivity contribution in [2.75, 3.05) is 13.2 Å². The van der Waals surface area contributed by atoms with Crippen LogP contribution in [0.1, 0.15) is 24.8 Å². The van der Waals surface area contributed by atoms with E-state index >= 15 is 0 Å². The van der Waals surface area contributed by atoms with Crippen molar-refractivity contribution >= 4 is 6.21 Å². The van der Waals surface area contributed by atoms with Crippen LogP contribution in [-0.4, -0.2) is 19.4 Å². The van der Waals surface area contributed by atoms with Crippen LogP contribution in [0.2, 0.25) is 0 Å². The third-order valence-corrected chi connectivity index (χ3v) is 2.16. The van der Waals surface area contributed by atoms with Gasteiger partial charge in [-0.25, -0.2) is 0 Å². The summed E-state index contributed by atoms with van der Waals surface area (Å²) in [6.45, 7) is 1.50. The van der Waals surface area contributed by atoms with Crippen molar-refractivity contribution in [2.45, 2.75) is 19.3 Å². The van der Waals surface area contributed by atoms with Gasteiger partial charge in [-0.05, 0) is 55.6 Å². The molecule has 0 aliphatic rings. The minimum Gasteiger partial charge on any atom is -0.494 e. The molecule has 0 saturated heterocycles. The Kier molecular flexibility index (Phi) is 5.48. The quantitative estimate of drug-likeness (QED) is 0.530. The maximum atomic E-state index is 7.05. The first-order chi connectivity index (χ1) is 7.36. The van der Waals surface area contributed by atoms with E-state index in [4.69, 9.17) is 15.9 Å². The molecular weight excluding hydrogens is 188 g/mol. The average molecular weight is 206 g/mol. The van der Waals surface area contributed by atoms with E-state index in [9.17, 15) is 0 Å². The van der Waals surface area contributed by atoms with Gasteiger partial charge >= 0.3 is 0 Å². The lowest BCUT2D eigenvalue weighted by atomic mass is 10.2. The second kappa shape index (κ2) is 7.01. The summed E-state index contributed by atoms with van der Waals surface area (Å²) in [5.41, 5.74) is 6.29. The molecule has 0 amide bonds. The van der Waals surface area contributed by atoms with Gasteiger partial charge in [0.05, 0.1) is 6.61 Å². The highest BCUT2D eigenvalue weighted by molar-refractivity contribution is 5.76. The molecule has 0 aromatic heterocycles. The van der Waals surface area contributed by atoms with Crippen LogP contribution < -0.4 is 10.5 Å². The number of nitrogens with two attached hydrogens (primary N) is 1. The first-order valence-corrected chi connectivity index (χ1v) is 5.30. The number of nitrogens with one attached hydrogen (secondary N) is 1. The molecule has 0 atom stereocenters. The Morgan fingerprint density at radius 2 is 1.87 bits per heavy atom. The van der Waals surface area contributed by atoms with E-state index < -0.39 is 0 Å². The molecule has 3 nitrogen and oxygen atoms in total. The zero-order valence-electron chi connectivity index (χ0n) is 8.91. The zero-order valence-corrected chi connectivity index (χ0v) is 8.91. The Morgan fingerprint density at radius 1 is 1.13 bits per heavy atom. The smallest absolute Gasteiger partial charge is 0.119 e. The van der Waals surface area contributed by atoms with Crippen LogP contribution in [0.15, 0.2) is 24.3 Å². The number of ether oxygens (including phenoxy) is 1. The fourth-order valence-electron chi connectivity index (χ4n) is 1.27. The number of rotatable bonds is 7. The first-order valence-electron chi connectivity index (χ1n) is 5.30. The maximum Gasteiger partial charge on any atom is 0.119 e. The van der Waals surface area contributed by atoms with Gasteiger partial charge in [0.1, 0.15) is 5.75 Å². The van der Waals surface area contributed by atoms with E-state index in [1.165, 1.54) is 6.21 Å². The molecule has 3 heteroatoms. The van der Waals surface area contributed by atoms with Crippen LogP contribution in [0.25, 0.3) is 0 Å². The fourth-order valence-corrected chi connectivity index (χ4v) is 1.27. The second-order valence-electron chi connectivity index (χ2n) is 3.41. The summed E-state index contributed by atoms with van der Waals surface area (Å²) in [6, 6.07) is 7.54. The van der Waals surface area contributed by atoms with Gasteiger partial charge in [0.25, 0.3) is 0 Å². The largest absolute Gasteiger partial charge is 0.494 e. The molecule has 0 saturated carbocycles. The summed E-state index contributed by atoms with van der Waals surface area (Å²) in [7, 11) is 0. The molecule has 1 aromatic rings. The van der Waals surface area contributed by atoms with Crippen molar-refractivity contribution in [1.29, 1.82) is 5.41 Å². The topological polar surface area (TPSA) is 59.1 Å². The highest BCUT2D eigenvalue weighted by Crippen LogP contribution is 2.11. The molecule has 82 valence electrons. The molecule has 1 rings (SSSR count). The summed E-state index contributed by atoms with van der Waals surface area (Å²) in [5.74, 6) is 0.869. The zero-order chi connectivity index (χ0) is 10.9. The lowest BCUT2D eigenvalue weighted by Crippen LogP contribution is -2.01. The van der Waals surface area contributed by atoms with Gasteiger partial charge in [-0.2, -0.15) is 0 Å². The van der Waals surface area contributed by atoms with Crippen molar-refractivity contribution in [1.82, 2.24) is 0 Å². The monoisotopic (exact) mass is 206 g/mol. The highest BCUT2D eigenvalue weighted by Gasteiger charge is 1.93. The molecule has 0 aliphatic heterocycles. The Labute approximate surface area is 90.8 Å². The van der Waals surface area contributed by atoms with Crippen molar-refractivity contribution in [2.24, 2.45) is 5.73 Å². The number of benzene rings is 1. The summed E-state index contributed by atoms with van der Waals surface area (Å²) in [6.07, 6.45) is 4.56. The lowest BCUT2D eigenvalue weighted by molar-refractivity contribution is 0.305. The minimum absolute atomic E-state index is 0.740. The van der Waals surface area contributed by atoms with Crippen molar-refractivity contribution in [3.05, 3.63) is 29.8 Å². The van der Waals surface area contributed by atoms with E-state index in [1.807, 2.05) is 24.3 Å². The molecule has 3 N–H and O–H groups in total. The summed E-state index contributed by atoms with van der Waals surface area (Å²) in [5, 5.41) is 7.05. The molecule has 0 radical (unpaired) electrons. The third kappa shape index (κ3) is 4.61. The highest BCUT2D eigenvalue weighted by atomic mass is 16.5. The SMILES string of the molecule is N=Cc1ccc(OCCCCCN)cc1. The molecule has 0 fully saturated rings. The number of hydrogen-bond acceptors (Lipinski definition) is 3. The molecule has 0 aliphatic carbocycles. The lowest BCUT2D eigenvalue weighted by Gasteiger charge is -2.05. The van der Waals surface area contributed by atoms with Crippen molar-refractivity contribution in [3.8, 4) is 5.75 Å². The van der Waals surface area contributed by atoms with Gasteiger partial charge in [0, 0.05) is 6.21 Å². The molecule has 0 heterocycles. The predicted molar refractivity (Wildman–Crippen MR) is 62.7 cm³/mol. The van der Waals surface area contributed by atoms with Gasteiger partial charge < -0.3 is 15.9 Å². The predicted octanol–water partition coefficient (Wildman–Crippen LogP) is 2.19. The van der Waals surface area contributed by atoms with Gasteiger partial charge in [0.2, 0.25) is 0 Å². The van der Waals surface area contributed by atoms with Crippen LogP contribution in [0.3, 0.4) is 0 Å². The van der Waals surface area contributed by atoms with Gasteiger partial charge in [-0.3, -0.25) is 0 Å². The summed E-state index contributed by atoms with van der Waals surface area (Å²) in [4.78, 5) is 0. The number of hydrogen-bond donors (Lipinski definition) is 2. The Hall–Kier alpha value is -1.35. The van der Waals surface area contributed by atoms with Crippen molar-refractivity contribution in [3.63, 3.8) is 0 Å². The average Bonchev–Trinajstić information content (AvgIpc) is 2.30. The number of unbranched alkanes of at least 4 members (excludes halogenated alkanes) is 2. The standard InChI is InChI=1S/C12H18N2O/c13-8-2-1-3-9-15-12-6-4-11(10-14)5-7-12/h4-7,10,14H,1-3,8-9,13H2. The van der Waals surface area contributed by atoms with Gasteiger partial charge in [-0.1, -0.05) is 0 Å².